The number of nitrogens with zero attached hydrogens (tertiary/aromatic N) is 1. The van der Waals surface area contributed by atoms with Crippen molar-refractivity contribution in [2.24, 2.45) is 11.8 Å². The van der Waals surface area contributed by atoms with Gasteiger partial charge in [-0.15, -0.1) is 0 Å². The maximum atomic E-state index is 2.46. The number of allylic oxidation sites excluding steroid dienone is 8. The summed E-state index contributed by atoms with van der Waals surface area (Å²) >= 11 is 0. The quantitative estimate of drug-likeness (QED) is 0.160. The molecule has 1 fully saturated rings. The van der Waals surface area contributed by atoms with Gasteiger partial charge in [-0.3, -0.25) is 4.90 Å². The van der Waals surface area contributed by atoms with Gasteiger partial charge in [0.1, 0.15) is 24.2 Å². The fraction of sp³-hybridized carbons (Fsp3) is 0.593. The van der Waals surface area contributed by atoms with Gasteiger partial charge in [-0.1, -0.05) is 48.6 Å². The van der Waals surface area contributed by atoms with Crippen molar-refractivity contribution in [3.63, 3.8) is 0 Å². The second kappa shape index (κ2) is 16.4. The molecule has 0 spiro atoms. The van der Waals surface area contributed by atoms with Crippen LogP contribution >= 0.6 is 7.55 Å². The van der Waals surface area contributed by atoms with Crippen molar-refractivity contribution in [3.05, 3.63) is 63.5 Å². The summed E-state index contributed by atoms with van der Waals surface area (Å²) in [5.74, 6) is 1.45. The first kappa shape index (κ1) is 31.9. The van der Waals surface area contributed by atoms with E-state index in [0.29, 0.717) is 12.0 Å². The van der Waals surface area contributed by atoms with Gasteiger partial charge < -0.3 is 14.9 Å². The summed E-state index contributed by atoms with van der Waals surface area (Å²) in [5, 5.41) is 1.86. The Labute approximate surface area is 203 Å². The summed E-state index contributed by atoms with van der Waals surface area (Å²) in [6.45, 7) is 9.67. The number of rotatable bonds is 3. The fourth-order valence-corrected chi connectivity index (χ4v) is 8.35. The van der Waals surface area contributed by atoms with Gasteiger partial charge in [-0.2, -0.15) is 0 Å². The van der Waals surface area contributed by atoms with E-state index in [1.165, 1.54) is 32.1 Å². The van der Waals surface area contributed by atoms with Crippen LogP contribution in [0.5, 0.6) is 0 Å². The molecule has 3 atom stereocenters. The molecule has 3 rings (SSSR count). The van der Waals surface area contributed by atoms with Gasteiger partial charge >= 0.3 is 0 Å². The average Bonchev–Trinajstić information content (AvgIpc) is 2.94. The summed E-state index contributed by atoms with van der Waals surface area (Å²) in [4.78, 5) is 2.45. The molecule has 3 aliphatic rings. The minimum absolute atomic E-state index is 0. The Morgan fingerprint density at radius 3 is 1.63 bits per heavy atom. The molecule has 0 amide bonds. The third-order valence-electron chi connectivity index (χ3n) is 5.79. The maximum absolute atomic E-state index is 2.46. The molecular formula is C27H47NPRh-. The Kier molecular flexibility index (Phi) is 17.4. The first-order valence-corrected chi connectivity index (χ1v) is 12.4. The predicted octanol–water partition coefficient (Wildman–Crippen LogP) is 7.72. The molecule has 1 saturated carbocycles. The van der Waals surface area contributed by atoms with E-state index in [1.807, 2.05) is 5.29 Å². The standard InChI is InChI=1S/C17H29NP.C8H12.2CH3.Rh/c1-12(2)19(13(3)4)17-15-10-8-7-9-14(15)11-16(17)18(5)6;1-2-4-6-8-7-5-3-1;;;/h7-10,12-16H,11H2,1-6H3;1-2,7-8H,3-6H2;2*1H3;/q+1;;2*-1;/b;2-1-,8-7-;;;. The third kappa shape index (κ3) is 9.06. The van der Waals surface area contributed by atoms with Gasteiger partial charge in [0, 0.05) is 25.4 Å². The Balaban J connectivity index is 0. The van der Waals surface area contributed by atoms with Crippen molar-refractivity contribution >= 4 is 12.8 Å². The molecule has 175 valence electrons. The van der Waals surface area contributed by atoms with E-state index in [-0.39, 0.29) is 41.9 Å². The average molecular weight is 520 g/mol. The first-order valence-electron chi connectivity index (χ1n) is 10.9. The summed E-state index contributed by atoms with van der Waals surface area (Å²) in [6.07, 6.45) is 24.7. The second-order valence-electron chi connectivity index (χ2n) is 8.79. The number of fused-ring (bicyclic) bond motifs is 1. The molecule has 0 aromatic carbocycles. The van der Waals surface area contributed by atoms with Crippen molar-refractivity contribution in [3.8, 4) is 0 Å². The van der Waals surface area contributed by atoms with E-state index >= 15 is 0 Å². The second-order valence-corrected chi connectivity index (χ2v) is 12.2. The normalized spacial score (nSPS) is 26.3. The van der Waals surface area contributed by atoms with Crippen LogP contribution in [0.15, 0.2) is 48.6 Å². The summed E-state index contributed by atoms with van der Waals surface area (Å²) in [7, 11) is 4.50. The smallest absolute Gasteiger partial charge is 0.123 e. The molecule has 1 radical (unpaired) electrons. The van der Waals surface area contributed by atoms with E-state index in [2.05, 4.69) is 95.3 Å². The monoisotopic (exact) mass is 519 g/mol. The van der Waals surface area contributed by atoms with Crippen LogP contribution in [0.4, 0.5) is 0 Å². The first-order chi connectivity index (χ1) is 12.9. The van der Waals surface area contributed by atoms with Crippen molar-refractivity contribution in [2.45, 2.75) is 77.2 Å². The Hall–Kier alpha value is -0.287. The van der Waals surface area contributed by atoms with E-state index in [4.69, 9.17) is 0 Å². The minimum Gasteiger partial charge on any atom is -0.358 e. The molecular weight excluding hydrogens is 472 g/mol. The van der Waals surface area contributed by atoms with E-state index in [9.17, 15) is 0 Å². The van der Waals surface area contributed by atoms with Gasteiger partial charge in [-0.05, 0) is 79.8 Å². The number of hydrogen-bond acceptors (Lipinski definition) is 1. The van der Waals surface area contributed by atoms with Crippen molar-refractivity contribution < 1.29 is 19.5 Å². The van der Waals surface area contributed by atoms with Crippen LogP contribution < -0.4 is 0 Å². The molecule has 3 aliphatic carbocycles. The Morgan fingerprint density at radius 2 is 1.23 bits per heavy atom. The summed E-state index contributed by atoms with van der Waals surface area (Å²) < 4.78 is 0. The molecule has 0 aromatic heterocycles. The van der Waals surface area contributed by atoms with E-state index in [0.717, 1.165) is 17.2 Å². The van der Waals surface area contributed by atoms with Gasteiger partial charge in [0.25, 0.3) is 0 Å². The molecule has 0 saturated heterocycles. The SMILES string of the molecule is C1=C\CC/C=C\CC/1.CC(C)[P+](=C1C2C=CC=CC2CC1N(C)C)C(C)C.[CH3-].[CH3-].[Rh]. The zero-order chi connectivity index (χ0) is 19.8. The zero-order valence-electron chi connectivity index (χ0n) is 20.8. The molecule has 0 heterocycles. The van der Waals surface area contributed by atoms with Crippen molar-refractivity contribution in [2.75, 3.05) is 14.1 Å². The van der Waals surface area contributed by atoms with Gasteiger partial charge in [0.05, 0.1) is 6.04 Å². The Morgan fingerprint density at radius 1 is 0.800 bits per heavy atom. The van der Waals surface area contributed by atoms with Crippen LogP contribution in [0.25, 0.3) is 0 Å². The molecule has 0 aliphatic heterocycles. The molecule has 0 aromatic rings. The van der Waals surface area contributed by atoms with Crippen LogP contribution in [0, 0.1) is 26.7 Å². The van der Waals surface area contributed by atoms with Crippen molar-refractivity contribution in [1.82, 2.24) is 4.90 Å². The number of hydrogen-bond donors (Lipinski definition) is 0. The molecule has 0 bridgehead atoms. The fourth-order valence-electron chi connectivity index (χ4n) is 4.67. The predicted molar refractivity (Wildman–Crippen MR) is 139 cm³/mol. The van der Waals surface area contributed by atoms with Crippen LogP contribution in [0.3, 0.4) is 0 Å². The summed E-state index contributed by atoms with van der Waals surface area (Å²) in [6, 6.07) is 0.679. The maximum Gasteiger partial charge on any atom is 0.123 e. The van der Waals surface area contributed by atoms with Crippen LogP contribution in [0.2, 0.25) is 0 Å². The third-order valence-corrected chi connectivity index (χ3v) is 9.21. The minimum atomic E-state index is -0.00527. The molecule has 0 N–H and O–H groups in total. The zero-order valence-corrected chi connectivity index (χ0v) is 23.3. The van der Waals surface area contributed by atoms with Crippen molar-refractivity contribution in [1.29, 1.82) is 0 Å². The molecule has 30 heavy (non-hydrogen) atoms. The van der Waals surface area contributed by atoms with Crippen LogP contribution in [-0.4, -0.2) is 41.6 Å². The van der Waals surface area contributed by atoms with Crippen LogP contribution in [-0.2, 0) is 19.5 Å². The Bertz CT molecular complexity index is 574. The van der Waals surface area contributed by atoms with Crippen LogP contribution in [0.1, 0.15) is 59.8 Å². The van der Waals surface area contributed by atoms with Gasteiger partial charge in [-0.25, -0.2) is 0 Å². The van der Waals surface area contributed by atoms with Gasteiger partial charge in [0.15, 0.2) is 0 Å². The van der Waals surface area contributed by atoms with Gasteiger partial charge in [0.2, 0.25) is 0 Å². The topological polar surface area (TPSA) is 3.24 Å². The largest absolute Gasteiger partial charge is 0.358 e. The van der Waals surface area contributed by atoms with E-state index in [1.54, 1.807) is 0 Å². The van der Waals surface area contributed by atoms with E-state index < -0.39 is 0 Å². The molecule has 3 unspecified atom stereocenters. The summed E-state index contributed by atoms with van der Waals surface area (Å²) in [5.41, 5.74) is 1.59. The molecule has 1 nitrogen and oxygen atoms in total. The molecule has 3 heteroatoms.